The first-order valence-electron chi connectivity index (χ1n) is 6.81. The molecule has 1 unspecified atom stereocenters. The first-order chi connectivity index (χ1) is 7.38. The topological polar surface area (TPSA) is 12.0 Å². The predicted octanol–water partition coefficient (Wildman–Crippen LogP) is 3.65. The Labute approximate surface area is 94.3 Å². The van der Waals surface area contributed by atoms with Crippen LogP contribution in [0.2, 0.25) is 0 Å². The molecule has 0 aromatic rings. The van der Waals surface area contributed by atoms with E-state index in [1.54, 1.807) is 0 Å². The van der Waals surface area contributed by atoms with E-state index in [1.807, 2.05) is 0 Å². The van der Waals surface area contributed by atoms with Gasteiger partial charge in [0.15, 0.2) is 0 Å². The molecule has 0 aliphatic heterocycles. The van der Waals surface area contributed by atoms with Gasteiger partial charge in [0.1, 0.15) is 0 Å². The summed E-state index contributed by atoms with van der Waals surface area (Å²) >= 11 is 0. The lowest BCUT2D eigenvalue weighted by Gasteiger charge is -2.31. The highest BCUT2D eigenvalue weighted by Gasteiger charge is 2.21. The van der Waals surface area contributed by atoms with E-state index in [0.29, 0.717) is 6.04 Å². The third kappa shape index (κ3) is 3.34. The first kappa shape index (κ1) is 11.2. The fourth-order valence-corrected chi connectivity index (χ4v) is 2.99. The summed E-state index contributed by atoms with van der Waals surface area (Å²) in [5.74, 6) is 1.02. The fourth-order valence-electron chi connectivity index (χ4n) is 2.99. The van der Waals surface area contributed by atoms with Crippen LogP contribution in [0, 0.1) is 5.92 Å². The van der Waals surface area contributed by atoms with E-state index < -0.39 is 0 Å². The Kier molecular flexibility index (Phi) is 4.25. The van der Waals surface area contributed by atoms with Gasteiger partial charge in [0.2, 0.25) is 0 Å². The lowest BCUT2D eigenvalue weighted by molar-refractivity contribution is 0.273. The summed E-state index contributed by atoms with van der Waals surface area (Å²) in [5.41, 5.74) is 0. The molecule has 1 nitrogen and oxygen atoms in total. The molecule has 2 aliphatic rings. The molecule has 15 heavy (non-hydrogen) atoms. The Morgan fingerprint density at radius 3 is 2.53 bits per heavy atom. The molecule has 1 fully saturated rings. The van der Waals surface area contributed by atoms with Gasteiger partial charge < -0.3 is 5.32 Å². The third-order valence-electron chi connectivity index (χ3n) is 4.13. The van der Waals surface area contributed by atoms with E-state index in [1.165, 1.54) is 51.4 Å². The minimum absolute atomic E-state index is 0.682. The Balaban J connectivity index is 1.71. The van der Waals surface area contributed by atoms with Gasteiger partial charge in [0.05, 0.1) is 0 Å². The second kappa shape index (κ2) is 5.69. The first-order valence-corrected chi connectivity index (χ1v) is 6.81. The Morgan fingerprint density at radius 2 is 1.93 bits per heavy atom. The van der Waals surface area contributed by atoms with E-state index >= 15 is 0 Å². The molecular weight excluding hydrogens is 182 g/mol. The van der Waals surface area contributed by atoms with E-state index in [0.717, 1.165) is 12.0 Å². The van der Waals surface area contributed by atoms with Crippen molar-refractivity contribution in [3.63, 3.8) is 0 Å². The molecule has 0 saturated heterocycles. The highest BCUT2D eigenvalue weighted by molar-refractivity contribution is 4.98. The zero-order valence-corrected chi connectivity index (χ0v) is 10.0. The van der Waals surface area contributed by atoms with Crippen molar-refractivity contribution >= 4 is 0 Å². The van der Waals surface area contributed by atoms with Crippen LogP contribution >= 0.6 is 0 Å². The highest BCUT2D eigenvalue weighted by Crippen LogP contribution is 2.27. The molecule has 1 N–H and O–H groups in total. The summed E-state index contributed by atoms with van der Waals surface area (Å²) in [6, 6.07) is 1.49. The van der Waals surface area contributed by atoms with Gasteiger partial charge >= 0.3 is 0 Å². The lowest BCUT2D eigenvalue weighted by atomic mass is 9.84. The van der Waals surface area contributed by atoms with Gasteiger partial charge in [0.25, 0.3) is 0 Å². The number of nitrogens with one attached hydrogen (secondary N) is 1. The van der Waals surface area contributed by atoms with Gasteiger partial charge in [-0.15, -0.1) is 0 Å². The fraction of sp³-hybridized carbons (Fsp3) is 0.857. The Hall–Kier alpha value is -0.300. The minimum Gasteiger partial charge on any atom is -0.308 e. The highest BCUT2D eigenvalue weighted by atomic mass is 14.9. The van der Waals surface area contributed by atoms with Crippen LogP contribution < -0.4 is 5.32 Å². The van der Waals surface area contributed by atoms with Crippen molar-refractivity contribution in [3.8, 4) is 0 Å². The van der Waals surface area contributed by atoms with Crippen LogP contribution in [-0.2, 0) is 0 Å². The molecule has 2 rings (SSSR count). The van der Waals surface area contributed by atoms with Gasteiger partial charge in [-0.05, 0) is 50.9 Å². The SMILES string of the molecule is CCC1CCC(NC2C=CCCC2)CC1. The summed E-state index contributed by atoms with van der Waals surface area (Å²) in [6.07, 6.45) is 15.8. The molecule has 1 atom stereocenters. The molecule has 0 aromatic heterocycles. The summed E-state index contributed by atoms with van der Waals surface area (Å²) in [7, 11) is 0. The second-order valence-corrected chi connectivity index (χ2v) is 5.26. The van der Waals surface area contributed by atoms with Crippen LogP contribution in [0.3, 0.4) is 0 Å². The Morgan fingerprint density at radius 1 is 1.13 bits per heavy atom. The van der Waals surface area contributed by atoms with Crippen molar-refractivity contribution in [2.45, 2.75) is 70.4 Å². The quantitative estimate of drug-likeness (QED) is 0.696. The molecule has 0 spiro atoms. The maximum atomic E-state index is 3.82. The second-order valence-electron chi connectivity index (χ2n) is 5.26. The number of rotatable bonds is 3. The van der Waals surface area contributed by atoms with E-state index in [4.69, 9.17) is 0 Å². The van der Waals surface area contributed by atoms with Crippen LogP contribution in [0.15, 0.2) is 12.2 Å². The van der Waals surface area contributed by atoms with E-state index in [9.17, 15) is 0 Å². The average Bonchev–Trinajstić information content (AvgIpc) is 2.31. The van der Waals surface area contributed by atoms with Gasteiger partial charge in [-0.25, -0.2) is 0 Å². The van der Waals surface area contributed by atoms with Crippen LogP contribution in [0.1, 0.15) is 58.3 Å². The van der Waals surface area contributed by atoms with Crippen molar-refractivity contribution in [1.29, 1.82) is 0 Å². The molecule has 0 radical (unpaired) electrons. The van der Waals surface area contributed by atoms with Crippen molar-refractivity contribution < 1.29 is 0 Å². The smallest absolute Gasteiger partial charge is 0.0252 e. The zero-order chi connectivity index (χ0) is 10.5. The van der Waals surface area contributed by atoms with Crippen molar-refractivity contribution in [1.82, 2.24) is 5.32 Å². The third-order valence-corrected chi connectivity index (χ3v) is 4.13. The number of allylic oxidation sites excluding steroid dienone is 1. The van der Waals surface area contributed by atoms with E-state index in [2.05, 4.69) is 24.4 Å². The number of hydrogen-bond donors (Lipinski definition) is 1. The molecular formula is C14H25N. The van der Waals surface area contributed by atoms with Gasteiger partial charge in [-0.1, -0.05) is 25.5 Å². The van der Waals surface area contributed by atoms with Gasteiger partial charge in [-0.3, -0.25) is 0 Å². The molecule has 0 amide bonds. The minimum atomic E-state index is 0.682. The standard InChI is InChI=1S/C14H25N/c1-2-12-8-10-14(11-9-12)15-13-6-4-3-5-7-13/h4,6,12-15H,2-3,5,7-11H2,1H3. The zero-order valence-electron chi connectivity index (χ0n) is 10.0. The average molecular weight is 207 g/mol. The van der Waals surface area contributed by atoms with Crippen LogP contribution in [0.4, 0.5) is 0 Å². The largest absolute Gasteiger partial charge is 0.308 e. The monoisotopic (exact) mass is 207 g/mol. The summed E-state index contributed by atoms with van der Waals surface area (Å²) < 4.78 is 0. The van der Waals surface area contributed by atoms with Crippen molar-refractivity contribution in [2.75, 3.05) is 0 Å². The maximum Gasteiger partial charge on any atom is 0.0252 e. The molecule has 2 aliphatic carbocycles. The number of hydrogen-bond acceptors (Lipinski definition) is 1. The van der Waals surface area contributed by atoms with Gasteiger partial charge in [-0.2, -0.15) is 0 Å². The van der Waals surface area contributed by atoms with Crippen molar-refractivity contribution in [3.05, 3.63) is 12.2 Å². The molecule has 86 valence electrons. The molecule has 0 aromatic carbocycles. The van der Waals surface area contributed by atoms with E-state index in [-0.39, 0.29) is 0 Å². The molecule has 0 heterocycles. The summed E-state index contributed by atoms with van der Waals surface area (Å²) in [6.45, 7) is 2.34. The van der Waals surface area contributed by atoms with Crippen molar-refractivity contribution in [2.24, 2.45) is 5.92 Å². The van der Waals surface area contributed by atoms with Crippen LogP contribution in [0.25, 0.3) is 0 Å². The molecule has 1 heteroatoms. The van der Waals surface area contributed by atoms with Crippen LogP contribution in [0.5, 0.6) is 0 Å². The predicted molar refractivity (Wildman–Crippen MR) is 66.0 cm³/mol. The molecule has 0 bridgehead atoms. The summed E-state index contributed by atoms with van der Waals surface area (Å²) in [4.78, 5) is 0. The normalized spacial score (nSPS) is 36.7. The maximum absolute atomic E-state index is 3.82. The summed E-state index contributed by atoms with van der Waals surface area (Å²) in [5, 5.41) is 3.82. The lowest BCUT2D eigenvalue weighted by Crippen LogP contribution is -2.40. The Bertz CT molecular complexity index is 201. The van der Waals surface area contributed by atoms with Gasteiger partial charge in [0, 0.05) is 12.1 Å². The van der Waals surface area contributed by atoms with Crippen LogP contribution in [-0.4, -0.2) is 12.1 Å². The molecule has 1 saturated carbocycles.